The lowest BCUT2D eigenvalue weighted by Gasteiger charge is -2.16. The number of hydrogen-bond donors (Lipinski definition) is 2. The van der Waals surface area contributed by atoms with E-state index in [2.05, 4.69) is 15.3 Å². The standard InChI is InChI=1S/C13H17N5O4/c1-7-8(2)18(16-15-7)9-5-12(22-10(9)6-19)17-4-3-11(20)14-13(17)21/h3-4,9-10,12,19H,5-6H2,1-2H3,(H,14,20,21)/t9?,10-,12-/m1/s1. The molecule has 3 rings (SSSR count). The molecule has 118 valence electrons. The second kappa shape index (κ2) is 5.50. The minimum atomic E-state index is -0.574. The van der Waals surface area contributed by atoms with Crippen molar-refractivity contribution in [1.29, 1.82) is 0 Å². The molecule has 3 atom stereocenters. The number of aryl methyl sites for hydroxylation is 1. The van der Waals surface area contributed by atoms with Gasteiger partial charge < -0.3 is 9.84 Å². The van der Waals surface area contributed by atoms with Gasteiger partial charge in [-0.05, 0) is 13.8 Å². The highest BCUT2D eigenvalue weighted by Gasteiger charge is 2.38. The molecule has 1 saturated heterocycles. The smallest absolute Gasteiger partial charge is 0.330 e. The van der Waals surface area contributed by atoms with Crippen molar-refractivity contribution in [2.24, 2.45) is 0 Å². The number of ether oxygens (including phenoxy) is 1. The molecule has 1 unspecified atom stereocenters. The fraction of sp³-hybridized carbons (Fsp3) is 0.538. The van der Waals surface area contributed by atoms with E-state index in [1.807, 2.05) is 13.8 Å². The molecule has 0 spiro atoms. The summed E-state index contributed by atoms with van der Waals surface area (Å²) in [5.74, 6) is 0. The molecule has 9 nitrogen and oxygen atoms in total. The Labute approximate surface area is 125 Å². The van der Waals surface area contributed by atoms with E-state index in [1.165, 1.54) is 16.8 Å². The van der Waals surface area contributed by atoms with E-state index in [0.29, 0.717) is 6.42 Å². The summed E-state index contributed by atoms with van der Waals surface area (Å²) in [7, 11) is 0. The maximum Gasteiger partial charge on any atom is 0.330 e. The molecule has 0 radical (unpaired) electrons. The van der Waals surface area contributed by atoms with Crippen molar-refractivity contribution in [3.63, 3.8) is 0 Å². The van der Waals surface area contributed by atoms with E-state index in [-0.39, 0.29) is 12.6 Å². The van der Waals surface area contributed by atoms with Gasteiger partial charge in [-0.3, -0.25) is 14.3 Å². The Balaban J connectivity index is 1.93. The highest BCUT2D eigenvalue weighted by Crippen LogP contribution is 2.36. The van der Waals surface area contributed by atoms with E-state index in [9.17, 15) is 14.7 Å². The van der Waals surface area contributed by atoms with Crippen LogP contribution in [0.3, 0.4) is 0 Å². The van der Waals surface area contributed by atoms with Crippen molar-refractivity contribution in [1.82, 2.24) is 24.5 Å². The van der Waals surface area contributed by atoms with Gasteiger partial charge in [-0.25, -0.2) is 9.48 Å². The van der Waals surface area contributed by atoms with Crippen LogP contribution in [0.25, 0.3) is 0 Å². The van der Waals surface area contributed by atoms with Crippen molar-refractivity contribution < 1.29 is 9.84 Å². The first-order valence-corrected chi connectivity index (χ1v) is 6.97. The van der Waals surface area contributed by atoms with Crippen LogP contribution in [0.4, 0.5) is 0 Å². The first-order valence-electron chi connectivity index (χ1n) is 6.97. The second-order valence-electron chi connectivity index (χ2n) is 5.34. The topological polar surface area (TPSA) is 115 Å². The Morgan fingerprint density at radius 1 is 1.45 bits per heavy atom. The van der Waals surface area contributed by atoms with E-state index in [1.54, 1.807) is 4.68 Å². The maximum atomic E-state index is 11.9. The van der Waals surface area contributed by atoms with E-state index in [4.69, 9.17) is 4.74 Å². The SMILES string of the molecule is Cc1nnn(C2C[C@H](n3ccc(=O)[nH]c3=O)O[C@@H]2CO)c1C. The Hall–Kier alpha value is -2.26. The summed E-state index contributed by atoms with van der Waals surface area (Å²) in [5, 5.41) is 17.6. The summed E-state index contributed by atoms with van der Waals surface area (Å²) in [6.45, 7) is 3.55. The third-order valence-electron chi connectivity index (χ3n) is 4.02. The van der Waals surface area contributed by atoms with Gasteiger partial charge >= 0.3 is 5.69 Å². The van der Waals surface area contributed by atoms with Crippen LogP contribution in [0.1, 0.15) is 30.1 Å². The van der Waals surface area contributed by atoms with Crippen LogP contribution in [0.2, 0.25) is 0 Å². The summed E-state index contributed by atoms with van der Waals surface area (Å²) in [6.07, 6.45) is 0.766. The van der Waals surface area contributed by atoms with Crippen molar-refractivity contribution >= 4 is 0 Å². The second-order valence-corrected chi connectivity index (χ2v) is 5.34. The number of rotatable bonds is 3. The molecule has 3 heterocycles. The summed E-state index contributed by atoms with van der Waals surface area (Å²) < 4.78 is 8.77. The van der Waals surface area contributed by atoms with Crippen LogP contribution in [-0.4, -0.2) is 42.4 Å². The molecule has 1 fully saturated rings. The third-order valence-corrected chi connectivity index (χ3v) is 4.02. The average Bonchev–Trinajstić information content (AvgIpc) is 3.03. The molecule has 2 aromatic heterocycles. The minimum absolute atomic E-state index is 0.197. The number of nitrogens with zero attached hydrogens (tertiary/aromatic N) is 4. The summed E-state index contributed by atoms with van der Waals surface area (Å²) >= 11 is 0. The fourth-order valence-corrected chi connectivity index (χ4v) is 2.70. The van der Waals surface area contributed by atoms with Gasteiger partial charge in [0.15, 0.2) is 0 Å². The number of aliphatic hydroxyl groups excluding tert-OH is 1. The molecule has 2 N–H and O–H groups in total. The van der Waals surface area contributed by atoms with Gasteiger partial charge in [0.2, 0.25) is 0 Å². The van der Waals surface area contributed by atoms with Gasteiger partial charge in [-0.2, -0.15) is 0 Å². The zero-order valence-corrected chi connectivity index (χ0v) is 12.3. The van der Waals surface area contributed by atoms with Crippen molar-refractivity contribution in [3.05, 3.63) is 44.5 Å². The Morgan fingerprint density at radius 3 is 2.82 bits per heavy atom. The quantitative estimate of drug-likeness (QED) is 0.772. The highest BCUT2D eigenvalue weighted by atomic mass is 16.5. The first kappa shape index (κ1) is 14.7. The monoisotopic (exact) mass is 307 g/mol. The molecule has 1 aliphatic heterocycles. The van der Waals surface area contributed by atoms with Crippen LogP contribution in [0, 0.1) is 13.8 Å². The molecule has 9 heteroatoms. The van der Waals surface area contributed by atoms with E-state index in [0.717, 1.165) is 11.4 Å². The lowest BCUT2D eigenvalue weighted by molar-refractivity contribution is -0.0324. The average molecular weight is 307 g/mol. The third kappa shape index (κ3) is 2.38. The van der Waals surface area contributed by atoms with Gasteiger partial charge in [0.1, 0.15) is 12.3 Å². The molecule has 0 aliphatic carbocycles. The predicted octanol–water partition coefficient (Wildman–Crippen LogP) is -0.734. The Bertz CT molecular complexity index is 792. The molecule has 1 aliphatic rings. The van der Waals surface area contributed by atoms with E-state index >= 15 is 0 Å². The number of nitrogens with one attached hydrogen (secondary N) is 1. The van der Waals surface area contributed by atoms with Gasteiger partial charge in [0.05, 0.1) is 24.0 Å². The predicted molar refractivity (Wildman–Crippen MR) is 75.5 cm³/mol. The van der Waals surface area contributed by atoms with Crippen LogP contribution >= 0.6 is 0 Å². The Morgan fingerprint density at radius 2 is 2.23 bits per heavy atom. The molecule has 22 heavy (non-hydrogen) atoms. The molecule has 0 amide bonds. The zero-order valence-electron chi connectivity index (χ0n) is 12.3. The summed E-state index contributed by atoms with van der Waals surface area (Å²) in [6, 6.07) is 1.03. The van der Waals surface area contributed by atoms with Gasteiger partial charge in [0, 0.05) is 18.7 Å². The number of aromatic amines is 1. The van der Waals surface area contributed by atoms with Crippen LogP contribution < -0.4 is 11.2 Å². The molecular weight excluding hydrogens is 290 g/mol. The number of aromatic nitrogens is 5. The highest BCUT2D eigenvalue weighted by molar-refractivity contribution is 5.07. The van der Waals surface area contributed by atoms with Gasteiger partial charge in [-0.1, -0.05) is 5.21 Å². The molecule has 0 saturated carbocycles. The summed E-state index contributed by atoms with van der Waals surface area (Å²) in [5.41, 5.74) is 0.696. The van der Waals surface area contributed by atoms with Gasteiger partial charge in [-0.15, -0.1) is 5.10 Å². The summed E-state index contributed by atoms with van der Waals surface area (Å²) in [4.78, 5) is 25.2. The van der Waals surface area contributed by atoms with Crippen molar-refractivity contribution in [2.75, 3.05) is 6.61 Å². The molecular formula is C13H17N5O4. The lowest BCUT2D eigenvalue weighted by Crippen LogP contribution is -2.31. The lowest BCUT2D eigenvalue weighted by atomic mass is 10.1. The molecule has 0 bridgehead atoms. The molecule has 0 aromatic carbocycles. The van der Waals surface area contributed by atoms with Crippen LogP contribution in [-0.2, 0) is 4.74 Å². The fourth-order valence-electron chi connectivity index (χ4n) is 2.70. The minimum Gasteiger partial charge on any atom is -0.394 e. The van der Waals surface area contributed by atoms with Gasteiger partial charge in [0.25, 0.3) is 5.56 Å². The Kier molecular flexibility index (Phi) is 3.67. The van der Waals surface area contributed by atoms with Crippen LogP contribution in [0.5, 0.6) is 0 Å². The van der Waals surface area contributed by atoms with Crippen molar-refractivity contribution in [2.45, 2.75) is 38.6 Å². The maximum absolute atomic E-state index is 11.9. The normalized spacial score (nSPS) is 24.8. The first-order chi connectivity index (χ1) is 10.5. The van der Waals surface area contributed by atoms with Crippen molar-refractivity contribution in [3.8, 4) is 0 Å². The largest absolute Gasteiger partial charge is 0.394 e. The number of H-pyrrole nitrogens is 1. The number of hydrogen-bond acceptors (Lipinski definition) is 6. The zero-order chi connectivity index (χ0) is 15.9. The number of aliphatic hydroxyl groups is 1. The van der Waals surface area contributed by atoms with E-state index < -0.39 is 23.6 Å². The molecule has 2 aromatic rings. The van der Waals surface area contributed by atoms with Crippen LogP contribution in [0.15, 0.2) is 21.9 Å².